The van der Waals surface area contributed by atoms with E-state index in [0.29, 0.717) is 0 Å². The maximum atomic E-state index is 4.38. The van der Waals surface area contributed by atoms with Crippen LogP contribution in [0.3, 0.4) is 0 Å². The first-order valence-corrected chi connectivity index (χ1v) is 8.69. The summed E-state index contributed by atoms with van der Waals surface area (Å²) in [5.41, 5.74) is 2.24. The van der Waals surface area contributed by atoms with Crippen molar-refractivity contribution in [1.29, 1.82) is 0 Å². The Morgan fingerprint density at radius 2 is 2.09 bits per heavy atom. The Balaban J connectivity index is 1.33. The molecular formula is C18H18N4S. The van der Waals surface area contributed by atoms with E-state index in [1.165, 1.54) is 5.39 Å². The van der Waals surface area contributed by atoms with Gasteiger partial charge in [-0.25, -0.2) is 4.98 Å². The van der Waals surface area contributed by atoms with E-state index in [2.05, 4.69) is 55.9 Å². The third kappa shape index (κ3) is 3.24. The second-order valence-corrected chi connectivity index (χ2v) is 6.53. The minimum Gasteiger partial charge on any atom is -0.361 e. The Bertz CT molecular complexity index is 833. The van der Waals surface area contributed by atoms with Gasteiger partial charge in [-0.1, -0.05) is 11.8 Å². The number of rotatable bonds is 2. The Morgan fingerprint density at radius 1 is 1.17 bits per heavy atom. The van der Waals surface area contributed by atoms with E-state index < -0.39 is 0 Å². The highest BCUT2D eigenvalue weighted by molar-refractivity contribution is 7.13. The van der Waals surface area contributed by atoms with Gasteiger partial charge in [0.25, 0.3) is 0 Å². The zero-order chi connectivity index (χ0) is 15.5. The molecule has 1 fully saturated rings. The van der Waals surface area contributed by atoms with E-state index in [4.69, 9.17) is 0 Å². The summed E-state index contributed by atoms with van der Waals surface area (Å²) in [4.78, 5) is 12.4. The summed E-state index contributed by atoms with van der Waals surface area (Å²) in [5.74, 6) is 6.60. The molecule has 116 valence electrons. The molecule has 3 aromatic rings. The Morgan fingerprint density at radius 3 is 2.91 bits per heavy atom. The van der Waals surface area contributed by atoms with E-state index in [1.54, 1.807) is 11.3 Å². The van der Waals surface area contributed by atoms with Gasteiger partial charge in [-0.05, 0) is 24.3 Å². The minimum absolute atomic E-state index is 0.830. The SMILES string of the molecule is C(#Cc1ccc2[nH]ccc2c1)CN1CCN(c2nccs2)CC1. The molecule has 1 aliphatic heterocycles. The Labute approximate surface area is 139 Å². The molecular weight excluding hydrogens is 304 g/mol. The van der Waals surface area contributed by atoms with Crippen molar-refractivity contribution in [2.24, 2.45) is 0 Å². The number of nitrogens with one attached hydrogen (secondary N) is 1. The first-order chi connectivity index (χ1) is 11.4. The fourth-order valence-electron chi connectivity index (χ4n) is 2.85. The van der Waals surface area contributed by atoms with Crippen LogP contribution in [-0.4, -0.2) is 47.6 Å². The summed E-state index contributed by atoms with van der Waals surface area (Å²) in [6.07, 6.45) is 3.84. The number of H-pyrrole nitrogens is 1. The number of aromatic nitrogens is 2. The zero-order valence-corrected chi connectivity index (χ0v) is 13.6. The summed E-state index contributed by atoms with van der Waals surface area (Å²) >= 11 is 1.71. The molecule has 1 aromatic carbocycles. The standard InChI is InChI=1S/C18H18N4S/c1(2-15-3-4-17-16(14-15)5-6-19-17)8-21-9-11-22(12-10-21)18-20-7-13-23-18/h3-7,13-14,19H,8-12H2. The van der Waals surface area contributed by atoms with Crippen molar-refractivity contribution in [3.63, 3.8) is 0 Å². The molecule has 0 saturated carbocycles. The van der Waals surface area contributed by atoms with Crippen molar-refractivity contribution in [2.75, 3.05) is 37.6 Å². The van der Waals surface area contributed by atoms with Crippen LogP contribution < -0.4 is 4.90 Å². The van der Waals surface area contributed by atoms with Crippen LogP contribution in [0.15, 0.2) is 42.0 Å². The zero-order valence-electron chi connectivity index (χ0n) is 12.8. The third-order valence-corrected chi connectivity index (χ3v) is 4.98. The van der Waals surface area contributed by atoms with Crippen LogP contribution in [0.25, 0.3) is 10.9 Å². The summed E-state index contributed by atoms with van der Waals surface area (Å²) in [5, 5.41) is 4.39. The summed E-state index contributed by atoms with van der Waals surface area (Å²) < 4.78 is 0. The lowest BCUT2D eigenvalue weighted by Gasteiger charge is -2.33. The maximum absolute atomic E-state index is 4.38. The summed E-state index contributed by atoms with van der Waals surface area (Å²) in [6, 6.07) is 8.38. The fourth-order valence-corrected chi connectivity index (χ4v) is 3.55. The van der Waals surface area contributed by atoms with Gasteiger partial charge < -0.3 is 9.88 Å². The van der Waals surface area contributed by atoms with Gasteiger partial charge >= 0.3 is 0 Å². The lowest BCUT2D eigenvalue weighted by Crippen LogP contribution is -2.46. The first-order valence-electron chi connectivity index (χ1n) is 7.81. The van der Waals surface area contributed by atoms with Crippen LogP contribution in [-0.2, 0) is 0 Å². The Hall–Kier alpha value is -2.29. The van der Waals surface area contributed by atoms with Crippen LogP contribution in [0.4, 0.5) is 5.13 Å². The lowest BCUT2D eigenvalue weighted by atomic mass is 10.1. The molecule has 0 amide bonds. The van der Waals surface area contributed by atoms with E-state index in [9.17, 15) is 0 Å². The molecule has 23 heavy (non-hydrogen) atoms. The monoisotopic (exact) mass is 322 g/mol. The molecule has 0 atom stereocenters. The van der Waals surface area contributed by atoms with Crippen LogP contribution in [0.5, 0.6) is 0 Å². The number of anilines is 1. The highest BCUT2D eigenvalue weighted by Crippen LogP contribution is 2.18. The topological polar surface area (TPSA) is 35.2 Å². The average molecular weight is 322 g/mol. The van der Waals surface area contributed by atoms with E-state index in [0.717, 1.165) is 48.9 Å². The van der Waals surface area contributed by atoms with Crippen LogP contribution in [0, 0.1) is 11.8 Å². The quantitative estimate of drug-likeness (QED) is 0.737. The van der Waals surface area contributed by atoms with Gasteiger partial charge in [-0.3, -0.25) is 4.90 Å². The lowest BCUT2D eigenvalue weighted by molar-refractivity contribution is 0.288. The second kappa shape index (κ2) is 6.45. The molecule has 0 unspecified atom stereocenters. The van der Waals surface area contributed by atoms with Crippen molar-refractivity contribution in [3.05, 3.63) is 47.6 Å². The van der Waals surface area contributed by atoms with Crippen molar-refractivity contribution in [1.82, 2.24) is 14.9 Å². The second-order valence-electron chi connectivity index (χ2n) is 5.66. The van der Waals surface area contributed by atoms with Crippen molar-refractivity contribution < 1.29 is 0 Å². The molecule has 3 heterocycles. The smallest absolute Gasteiger partial charge is 0.185 e. The fraction of sp³-hybridized carbons (Fsp3) is 0.278. The number of benzene rings is 1. The van der Waals surface area contributed by atoms with E-state index >= 15 is 0 Å². The number of piperazine rings is 1. The molecule has 1 N–H and O–H groups in total. The van der Waals surface area contributed by atoms with Gasteiger partial charge in [-0.2, -0.15) is 0 Å². The van der Waals surface area contributed by atoms with Gasteiger partial charge in [0.1, 0.15) is 0 Å². The van der Waals surface area contributed by atoms with Gasteiger partial charge in [0.05, 0.1) is 6.54 Å². The number of hydrogen-bond acceptors (Lipinski definition) is 4. The normalized spacial score (nSPS) is 15.6. The molecule has 4 rings (SSSR count). The number of fused-ring (bicyclic) bond motifs is 1. The highest BCUT2D eigenvalue weighted by atomic mass is 32.1. The number of hydrogen-bond donors (Lipinski definition) is 1. The molecule has 4 nitrogen and oxygen atoms in total. The summed E-state index contributed by atoms with van der Waals surface area (Å²) in [7, 11) is 0. The predicted octanol–water partition coefficient (Wildman–Crippen LogP) is 2.80. The molecule has 0 radical (unpaired) electrons. The molecule has 1 aliphatic rings. The van der Waals surface area contributed by atoms with Gasteiger partial charge in [0.15, 0.2) is 5.13 Å². The first kappa shape index (κ1) is 14.3. The largest absolute Gasteiger partial charge is 0.361 e. The number of nitrogens with zero attached hydrogens (tertiary/aromatic N) is 3. The molecule has 0 bridgehead atoms. The average Bonchev–Trinajstić information content (AvgIpc) is 3.27. The third-order valence-electron chi connectivity index (χ3n) is 4.15. The molecule has 1 saturated heterocycles. The Kier molecular flexibility index (Phi) is 4.01. The molecule has 5 heteroatoms. The van der Waals surface area contributed by atoms with Crippen molar-refractivity contribution in [2.45, 2.75) is 0 Å². The minimum atomic E-state index is 0.830. The number of aromatic amines is 1. The predicted molar refractivity (Wildman–Crippen MR) is 95.9 cm³/mol. The molecule has 0 aliphatic carbocycles. The van der Waals surface area contributed by atoms with E-state index in [-0.39, 0.29) is 0 Å². The highest BCUT2D eigenvalue weighted by Gasteiger charge is 2.17. The molecule has 0 spiro atoms. The van der Waals surface area contributed by atoms with Crippen molar-refractivity contribution >= 4 is 27.4 Å². The van der Waals surface area contributed by atoms with Crippen LogP contribution >= 0.6 is 11.3 Å². The van der Waals surface area contributed by atoms with Gasteiger partial charge in [0, 0.05) is 60.4 Å². The van der Waals surface area contributed by atoms with Crippen LogP contribution in [0.1, 0.15) is 5.56 Å². The van der Waals surface area contributed by atoms with Gasteiger partial charge in [0.2, 0.25) is 0 Å². The number of thiazole rings is 1. The maximum Gasteiger partial charge on any atom is 0.185 e. The van der Waals surface area contributed by atoms with E-state index in [1.807, 2.05) is 17.8 Å². The van der Waals surface area contributed by atoms with Crippen LogP contribution in [0.2, 0.25) is 0 Å². The summed E-state index contributed by atoms with van der Waals surface area (Å²) in [6.45, 7) is 4.99. The van der Waals surface area contributed by atoms with Gasteiger partial charge in [-0.15, -0.1) is 11.3 Å². The van der Waals surface area contributed by atoms with Crippen molar-refractivity contribution in [3.8, 4) is 11.8 Å². The molecule has 2 aromatic heterocycles.